The maximum absolute atomic E-state index is 13.1. The molecule has 0 saturated carbocycles. The third-order valence-corrected chi connectivity index (χ3v) is 6.47. The number of hydrogen-bond donors (Lipinski definition) is 1. The van der Waals surface area contributed by atoms with Gasteiger partial charge in [-0.1, -0.05) is 12.1 Å². The van der Waals surface area contributed by atoms with Crippen LogP contribution in [0, 0.1) is 0 Å². The number of hydrogen-bond acceptors (Lipinski definition) is 7. The summed E-state index contributed by atoms with van der Waals surface area (Å²) in [7, 11) is 4.69. The van der Waals surface area contributed by atoms with E-state index in [1.54, 1.807) is 38.5 Å². The number of rotatable bonds is 6. The number of phenols is 1. The van der Waals surface area contributed by atoms with Gasteiger partial charge in [-0.3, -0.25) is 4.79 Å². The van der Waals surface area contributed by atoms with Gasteiger partial charge in [-0.05, 0) is 65.1 Å². The molecule has 8 heteroatoms. The molecular weight excluding hydrogens is 462 g/mol. The first-order chi connectivity index (χ1) is 17.5. The van der Waals surface area contributed by atoms with Gasteiger partial charge in [-0.25, -0.2) is 0 Å². The minimum absolute atomic E-state index is 0.0510. The summed E-state index contributed by atoms with van der Waals surface area (Å²) in [6, 6.07) is 12.7. The molecular formula is C28H27NO7. The van der Waals surface area contributed by atoms with E-state index in [4.69, 9.17) is 23.7 Å². The minimum Gasteiger partial charge on any atom is -0.504 e. The number of ether oxygens (including phenoxy) is 5. The lowest BCUT2D eigenvalue weighted by Gasteiger charge is -2.30. The van der Waals surface area contributed by atoms with E-state index in [1.807, 2.05) is 29.2 Å². The van der Waals surface area contributed by atoms with Crippen molar-refractivity contribution < 1.29 is 33.6 Å². The van der Waals surface area contributed by atoms with Crippen molar-refractivity contribution in [3.63, 3.8) is 0 Å². The van der Waals surface area contributed by atoms with Gasteiger partial charge in [0.15, 0.2) is 34.5 Å². The molecule has 3 aromatic rings. The van der Waals surface area contributed by atoms with Crippen LogP contribution >= 0.6 is 0 Å². The zero-order valence-electron chi connectivity index (χ0n) is 20.4. The van der Waals surface area contributed by atoms with E-state index < -0.39 is 0 Å². The number of carbonyl (C=O) groups is 1. The monoisotopic (exact) mass is 489 g/mol. The summed E-state index contributed by atoms with van der Waals surface area (Å²) in [5.74, 6) is 2.91. The van der Waals surface area contributed by atoms with Crippen molar-refractivity contribution in [3.05, 3.63) is 65.2 Å². The van der Waals surface area contributed by atoms with Gasteiger partial charge in [-0.15, -0.1) is 0 Å². The standard InChI is InChI=1S/C28H27NO7/c1-32-22-8-6-19(14-24(22)34-3)27-20-15-29(11-10-18(20)13-25-28(27)36-16-35-25)26(31)9-5-17-4-7-21(30)23(12-17)33-2/h4-9,12-14,30H,10-11,15-16H2,1-3H3/b9-5+. The fourth-order valence-corrected chi connectivity index (χ4v) is 4.62. The van der Waals surface area contributed by atoms with Crippen LogP contribution in [0.25, 0.3) is 17.2 Å². The van der Waals surface area contributed by atoms with Gasteiger partial charge in [-0.2, -0.15) is 0 Å². The molecule has 0 bridgehead atoms. The summed E-state index contributed by atoms with van der Waals surface area (Å²) in [6.45, 7) is 1.16. The lowest BCUT2D eigenvalue weighted by atomic mass is 9.89. The van der Waals surface area contributed by atoms with Crippen molar-refractivity contribution in [2.24, 2.45) is 0 Å². The molecule has 0 atom stereocenters. The van der Waals surface area contributed by atoms with Crippen LogP contribution in [-0.2, 0) is 17.8 Å². The molecule has 1 N–H and O–H groups in total. The van der Waals surface area contributed by atoms with Crippen molar-refractivity contribution >= 4 is 12.0 Å². The average molecular weight is 490 g/mol. The quantitative estimate of drug-likeness (QED) is 0.513. The second-order valence-electron chi connectivity index (χ2n) is 8.47. The molecule has 0 spiro atoms. The number of carbonyl (C=O) groups excluding carboxylic acids is 1. The number of phenolic OH excluding ortho intramolecular Hbond substituents is 1. The molecule has 2 aliphatic rings. The van der Waals surface area contributed by atoms with E-state index in [-0.39, 0.29) is 18.4 Å². The molecule has 0 aromatic heterocycles. The van der Waals surface area contributed by atoms with Crippen LogP contribution in [0.5, 0.6) is 34.5 Å². The maximum atomic E-state index is 13.1. The SMILES string of the molecule is COc1cc(/C=C/C(=O)N2CCc3cc4c(c(-c5ccc(OC)c(OC)c5)c3C2)OCO4)ccc1O. The van der Waals surface area contributed by atoms with E-state index in [2.05, 4.69) is 0 Å². The Morgan fingerprint density at radius 1 is 0.972 bits per heavy atom. The Bertz CT molecular complexity index is 1350. The Hall–Kier alpha value is -4.33. The molecule has 2 aliphatic heterocycles. The van der Waals surface area contributed by atoms with Crippen LogP contribution in [0.2, 0.25) is 0 Å². The first kappa shape index (κ1) is 23.4. The molecule has 8 nitrogen and oxygen atoms in total. The van der Waals surface area contributed by atoms with E-state index in [0.717, 1.165) is 27.8 Å². The summed E-state index contributed by atoms with van der Waals surface area (Å²) >= 11 is 0. The Labute approximate surface area is 209 Å². The fourth-order valence-electron chi connectivity index (χ4n) is 4.62. The molecule has 0 radical (unpaired) electrons. The number of amides is 1. The fraction of sp³-hybridized carbons (Fsp3) is 0.250. The largest absolute Gasteiger partial charge is 0.504 e. The number of aromatic hydroxyl groups is 1. The van der Waals surface area contributed by atoms with Crippen LogP contribution in [0.4, 0.5) is 0 Å². The van der Waals surface area contributed by atoms with Crippen LogP contribution in [0.1, 0.15) is 16.7 Å². The third-order valence-electron chi connectivity index (χ3n) is 6.47. The zero-order chi connectivity index (χ0) is 25.2. The summed E-state index contributed by atoms with van der Waals surface area (Å²) in [5, 5.41) is 9.80. The number of methoxy groups -OCH3 is 3. The second-order valence-corrected chi connectivity index (χ2v) is 8.47. The molecule has 0 unspecified atom stereocenters. The van der Waals surface area contributed by atoms with Crippen molar-refractivity contribution in [1.29, 1.82) is 0 Å². The van der Waals surface area contributed by atoms with Gasteiger partial charge in [0.2, 0.25) is 12.7 Å². The highest BCUT2D eigenvalue weighted by Gasteiger charge is 2.30. The second kappa shape index (κ2) is 9.73. The minimum atomic E-state index is -0.108. The lowest BCUT2D eigenvalue weighted by Crippen LogP contribution is -2.35. The highest BCUT2D eigenvalue weighted by Crippen LogP contribution is 2.48. The Balaban J connectivity index is 1.47. The van der Waals surface area contributed by atoms with E-state index in [1.165, 1.54) is 13.2 Å². The molecule has 36 heavy (non-hydrogen) atoms. The van der Waals surface area contributed by atoms with Crippen LogP contribution in [-0.4, -0.2) is 50.6 Å². The maximum Gasteiger partial charge on any atom is 0.246 e. The van der Waals surface area contributed by atoms with Crippen molar-refractivity contribution in [3.8, 4) is 45.6 Å². The molecule has 0 fully saturated rings. The Morgan fingerprint density at radius 3 is 2.56 bits per heavy atom. The Kier molecular flexibility index (Phi) is 6.33. The topological polar surface area (TPSA) is 86.7 Å². The number of fused-ring (bicyclic) bond motifs is 2. The molecule has 0 saturated heterocycles. The van der Waals surface area contributed by atoms with Crippen LogP contribution in [0.3, 0.4) is 0 Å². The van der Waals surface area contributed by atoms with Gasteiger partial charge >= 0.3 is 0 Å². The van der Waals surface area contributed by atoms with Crippen molar-refractivity contribution in [1.82, 2.24) is 4.90 Å². The summed E-state index contributed by atoms with van der Waals surface area (Å²) < 4.78 is 27.7. The van der Waals surface area contributed by atoms with E-state index in [0.29, 0.717) is 48.3 Å². The smallest absolute Gasteiger partial charge is 0.246 e. The summed E-state index contributed by atoms with van der Waals surface area (Å²) in [4.78, 5) is 14.9. The molecule has 2 heterocycles. The van der Waals surface area contributed by atoms with Crippen LogP contribution in [0.15, 0.2) is 48.5 Å². The van der Waals surface area contributed by atoms with E-state index in [9.17, 15) is 9.90 Å². The predicted octanol–water partition coefficient (Wildman–Crippen LogP) is 4.41. The first-order valence-electron chi connectivity index (χ1n) is 11.5. The van der Waals surface area contributed by atoms with Crippen molar-refractivity contribution in [2.75, 3.05) is 34.7 Å². The van der Waals surface area contributed by atoms with Gasteiger partial charge in [0.05, 0.1) is 21.3 Å². The molecule has 5 rings (SSSR count). The molecule has 1 amide bonds. The van der Waals surface area contributed by atoms with Gasteiger partial charge < -0.3 is 33.7 Å². The van der Waals surface area contributed by atoms with Crippen molar-refractivity contribution in [2.45, 2.75) is 13.0 Å². The van der Waals surface area contributed by atoms with Crippen LogP contribution < -0.4 is 23.7 Å². The van der Waals surface area contributed by atoms with Gasteiger partial charge in [0, 0.05) is 24.7 Å². The lowest BCUT2D eigenvalue weighted by molar-refractivity contribution is -0.126. The highest BCUT2D eigenvalue weighted by atomic mass is 16.7. The summed E-state index contributed by atoms with van der Waals surface area (Å²) in [5.41, 5.74) is 4.69. The normalized spacial score (nSPS) is 14.0. The Morgan fingerprint density at radius 2 is 1.78 bits per heavy atom. The van der Waals surface area contributed by atoms with Gasteiger partial charge in [0.1, 0.15) is 0 Å². The molecule has 0 aliphatic carbocycles. The number of nitrogens with zero attached hydrogens (tertiary/aromatic N) is 1. The highest BCUT2D eigenvalue weighted by molar-refractivity contribution is 5.92. The van der Waals surface area contributed by atoms with E-state index >= 15 is 0 Å². The molecule has 3 aromatic carbocycles. The molecule has 186 valence electrons. The third kappa shape index (κ3) is 4.26. The summed E-state index contributed by atoms with van der Waals surface area (Å²) in [6.07, 6.45) is 3.95. The number of benzene rings is 3. The first-order valence-corrected chi connectivity index (χ1v) is 11.5. The van der Waals surface area contributed by atoms with Gasteiger partial charge in [0.25, 0.3) is 0 Å². The average Bonchev–Trinajstić information content (AvgIpc) is 3.38. The predicted molar refractivity (Wildman–Crippen MR) is 134 cm³/mol. The zero-order valence-corrected chi connectivity index (χ0v) is 20.4.